The fourth-order valence-electron chi connectivity index (χ4n) is 2.28. The topological polar surface area (TPSA) is 157 Å². The van der Waals surface area contributed by atoms with Crippen molar-refractivity contribution in [3.8, 4) is 0 Å². The third-order valence-electron chi connectivity index (χ3n) is 3.97. The average Bonchev–Trinajstić information content (AvgIpc) is 2.80. The zero-order valence-corrected chi connectivity index (χ0v) is 14.6. The van der Waals surface area contributed by atoms with Gasteiger partial charge in [-0.15, -0.1) is 0 Å². The molecule has 0 saturated carbocycles. The van der Waals surface area contributed by atoms with Crippen LogP contribution in [0.15, 0.2) is 15.8 Å². The number of carbonyl (C=O) groups excluding carboxylic acids is 1. The van der Waals surface area contributed by atoms with Gasteiger partial charge in [-0.05, 0) is 5.92 Å². The van der Waals surface area contributed by atoms with E-state index in [4.69, 9.17) is 26.8 Å². The first kappa shape index (κ1) is 20.5. The predicted octanol–water partition coefficient (Wildman–Crippen LogP) is -1.37. The Kier molecular flexibility index (Phi) is 5.88. The number of carbonyl (C=O) groups is 1. The Morgan fingerprint density at radius 2 is 2.15 bits per heavy atom. The molecular formula is C14H19ClFN3O7. The van der Waals surface area contributed by atoms with Crippen molar-refractivity contribution in [2.45, 2.75) is 44.2 Å². The lowest BCUT2D eigenvalue weighted by atomic mass is 10.1. The number of hydrogen-bond donors (Lipinski definition) is 4. The summed E-state index contributed by atoms with van der Waals surface area (Å²) in [7, 11) is 0. The van der Waals surface area contributed by atoms with Crippen LogP contribution in [0.1, 0.15) is 20.1 Å². The minimum atomic E-state index is -3.00. The van der Waals surface area contributed by atoms with Crippen molar-refractivity contribution >= 4 is 17.6 Å². The normalized spacial score (nSPS) is 29.8. The van der Waals surface area contributed by atoms with E-state index in [9.17, 15) is 29.0 Å². The van der Waals surface area contributed by atoms with Crippen LogP contribution in [0, 0.1) is 5.92 Å². The van der Waals surface area contributed by atoms with Crippen molar-refractivity contribution in [3.63, 3.8) is 0 Å². The first-order valence-corrected chi connectivity index (χ1v) is 8.01. The molecule has 5 N–H and O–H groups in total. The number of ether oxygens (including phenoxy) is 2. The van der Waals surface area contributed by atoms with Crippen molar-refractivity contribution in [3.05, 3.63) is 32.1 Å². The Hall–Kier alpha value is -1.79. The Morgan fingerprint density at radius 1 is 1.54 bits per heavy atom. The molecule has 0 spiro atoms. The molecule has 12 heteroatoms. The lowest BCUT2D eigenvalue weighted by Gasteiger charge is -2.24. The SMILES string of the molecule is CC(C)[C@H](N)C(=O)OC[C@@]1(F)O[C@@H](n2cc(Cl)c(=O)[nH]c2=O)[C@H](O)[C@@H]1O. The molecule has 0 aromatic carbocycles. The highest BCUT2D eigenvalue weighted by Crippen LogP contribution is 2.38. The van der Waals surface area contributed by atoms with Crippen LogP contribution in [0.2, 0.25) is 5.02 Å². The molecular weight excluding hydrogens is 377 g/mol. The van der Waals surface area contributed by atoms with Crippen LogP contribution in [0.25, 0.3) is 0 Å². The van der Waals surface area contributed by atoms with E-state index in [0.717, 1.165) is 6.20 Å². The number of hydrogen-bond acceptors (Lipinski definition) is 8. The smallest absolute Gasteiger partial charge is 0.330 e. The highest BCUT2D eigenvalue weighted by molar-refractivity contribution is 6.30. The van der Waals surface area contributed by atoms with Gasteiger partial charge in [-0.1, -0.05) is 25.4 Å². The first-order valence-electron chi connectivity index (χ1n) is 7.64. The number of nitrogens with zero attached hydrogens (tertiary/aromatic N) is 1. The quantitative estimate of drug-likeness (QED) is 0.445. The molecule has 0 unspecified atom stereocenters. The van der Waals surface area contributed by atoms with Crippen LogP contribution in [0.3, 0.4) is 0 Å². The van der Waals surface area contributed by atoms with E-state index in [1.807, 2.05) is 4.98 Å². The number of aromatic nitrogens is 2. The average molecular weight is 396 g/mol. The summed E-state index contributed by atoms with van der Waals surface area (Å²) in [5.41, 5.74) is 3.65. The standard InChI is InChI=1S/C14H19ClFN3O7/c1-5(2)7(17)12(23)25-4-14(16)9(21)8(20)11(26-14)19-3-6(15)10(22)18-13(19)24/h3,5,7-9,11,20-21H,4,17H2,1-2H3,(H,18,22,24)/t7-,8+,9-,11+,14+/m0/s1. The number of nitrogens with one attached hydrogen (secondary N) is 1. The van der Waals surface area contributed by atoms with E-state index in [1.54, 1.807) is 13.8 Å². The van der Waals surface area contributed by atoms with Crippen LogP contribution < -0.4 is 17.0 Å². The molecule has 1 fully saturated rings. The van der Waals surface area contributed by atoms with Crippen molar-refractivity contribution in [2.24, 2.45) is 11.7 Å². The fourth-order valence-corrected chi connectivity index (χ4v) is 2.43. The Labute approximate surface area is 151 Å². The monoisotopic (exact) mass is 395 g/mol. The summed E-state index contributed by atoms with van der Waals surface area (Å²) in [6, 6.07) is -1.02. The van der Waals surface area contributed by atoms with Gasteiger partial charge in [-0.3, -0.25) is 19.1 Å². The van der Waals surface area contributed by atoms with Gasteiger partial charge >= 0.3 is 11.7 Å². The molecule has 1 aliphatic heterocycles. The maximum atomic E-state index is 14.9. The van der Waals surface area contributed by atoms with Crippen LogP contribution in [-0.4, -0.2) is 56.4 Å². The summed E-state index contributed by atoms with van der Waals surface area (Å²) in [4.78, 5) is 36.7. The summed E-state index contributed by atoms with van der Waals surface area (Å²) >= 11 is 5.61. The number of rotatable bonds is 5. The Bertz CT molecular complexity index is 797. The zero-order chi connectivity index (χ0) is 19.8. The molecule has 1 saturated heterocycles. The number of alkyl halides is 1. The Morgan fingerprint density at radius 3 is 2.73 bits per heavy atom. The highest BCUT2D eigenvalue weighted by Gasteiger charge is 2.57. The largest absolute Gasteiger partial charge is 0.458 e. The number of esters is 1. The molecule has 26 heavy (non-hydrogen) atoms. The molecule has 5 atom stereocenters. The van der Waals surface area contributed by atoms with Gasteiger partial charge in [0.2, 0.25) is 0 Å². The lowest BCUT2D eigenvalue weighted by molar-refractivity contribution is -0.217. The second-order valence-corrected chi connectivity index (χ2v) is 6.66. The number of aromatic amines is 1. The Balaban J connectivity index is 2.21. The van der Waals surface area contributed by atoms with Crippen molar-refractivity contribution < 1.29 is 28.9 Å². The van der Waals surface area contributed by atoms with Crippen LogP contribution in [0.5, 0.6) is 0 Å². The van der Waals surface area contributed by atoms with Crippen LogP contribution in [0.4, 0.5) is 4.39 Å². The van der Waals surface area contributed by atoms with Crippen molar-refractivity contribution in [1.82, 2.24) is 9.55 Å². The fraction of sp³-hybridized carbons (Fsp3) is 0.643. The van der Waals surface area contributed by atoms with E-state index in [0.29, 0.717) is 4.57 Å². The maximum Gasteiger partial charge on any atom is 0.330 e. The van der Waals surface area contributed by atoms with Gasteiger partial charge in [0.1, 0.15) is 23.3 Å². The van der Waals surface area contributed by atoms with Gasteiger partial charge in [0.25, 0.3) is 11.4 Å². The molecule has 0 amide bonds. The number of aliphatic hydroxyl groups excluding tert-OH is 2. The summed E-state index contributed by atoms with van der Waals surface area (Å²) in [5, 5.41) is 19.5. The number of nitrogens with two attached hydrogens (primary N) is 1. The minimum Gasteiger partial charge on any atom is -0.458 e. The molecule has 10 nitrogen and oxygen atoms in total. The van der Waals surface area contributed by atoms with Gasteiger partial charge in [-0.2, -0.15) is 0 Å². The molecule has 0 aliphatic carbocycles. The molecule has 1 aromatic rings. The number of aliphatic hydroxyl groups is 2. The summed E-state index contributed by atoms with van der Waals surface area (Å²) in [6.07, 6.45) is -4.94. The number of H-pyrrole nitrogens is 1. The van der Waals surface area contributed by atoms with E-state index < -0.39 is 59.2 Å². The molecule has 1 aliphatic rings. The second-order valence-electron chi connectivity index (χ2n) is 6.25. The molecule has 2 rings (SSSR count). The zero-order valence-electron chi connectivity index (χ0n) is 13.9. The van der Waals surface area contributed by atoms with Crippen LogP contribution in [-0.2, 0) is 14.3 Å². The molecule has 1 aromatic heterocycles. The highest BCUT2D eigenvalue weighted by atomic mass is 35.5. The predicted molar refractivity (Wildman–Crippen MR) is 86.1 cm³/mol. The summed E-state index contributed by atoms with van der Waals surface area (Å²) < 4.78 is 25.1. The van der Waals surface area contributed by atoms with Crippen molar-refractivity contribution in [1.29, 1.82) is 0 Å². The van der Waals surface area contributed by atoms with Crippen molar-refractivity contribution in [2.75, 3.05) is 6.61 Å². The summed E-state index contributed by atoms with van der Waals surface area (Å²) in [5.74, 6) is -4.19. The van der Waals surface area contributed by atoms with Gasteiger partial charge in [-0.25, -0.2) is 9.18 Å². The van der Waals surface area contributed by atoms with E-state index in [-0.39, 0.29) is 5.92 Å². The summed E-state index contributed by atoms with van der Waals surface area (Å²) in [6.45, 7) is 2.25. The van der Waals surface area contributed by atoms with E-state index in [1.165, 1.54) is 0 Å². The lowest BCUT2D eigenvalue weighted by Crippen LogP contribution is -2.46. The third-order valence-corrected chi connectivity index (χ3v) is 4.24. The second kappa shape index (κ2) is 7.45. The molecule has 0 bridgehead atoms. The maximum absolute atomic E-state index is 14.9. The molecule has 0 radical (unpaired) electrons. The van der Waals surface area contributed by atoms with E-state index >= 15 is 0 Å². The third kappa shape index (κ3) is 3.81. The van der Waals surface area contributed by atoms with Gasteiger partial charge < -0.3 is 25.4 Å². The number of halogens is 2. The van der Waals surface area contributed by atoms with Gasteiger partial charge in [0, 0.05) is 6.20 Å². The van der Waals surface area contributed by atoms with Gasteiger partial charge in [0.15, 0.2) is 12.8 Å². The minimum absolute atomic E-state index is 0.271. The molecule has 146 valence electrons. The molecule has 2 heterocycles. The van der Waals surface area contributed by atoms with Gasteiger partial charge in [0.05, 0.1) is 0 Å². The van der Waals surface area contributed by atoms with E-state index in [2.05, 4.69) is 0 Å². The first-order chi connectivity index (χ1) is 12.0. The van der Waals surface area contributed by atoms with Crippen LogP contribution >= 0.6 is 11.6 Å².